The maximum atomic E-state index is 13.2. The van der Waals surface area contributed by atoms with Gasteiger partial charge in [-0.3, -0.25) is 9.58 Å². The van der Waals surface area contributed by atoms with Crippen LogP contribution in [0.3, 0.4) is 0 Å². The van der Waals surface area contributed by atoms with E-state index in [0.717, 1.165) is 32.6 Å². The number of nitrogens with zero attached hydrogens (tertiary/aromatic N) is 6. The van der Waals surface area contributed by atoms with E-state index in [1.54, 1.807) is 36.9 Å². The van der Waals surface area contributed by atoms with Gasteiger partial charge in [0, 0.05) is 51.0 Å². The van der Waals surface area contributed by atoms with Crippen molar-refractivity contribution in [3.8, 4) is 0 Å². The van der Waals surface area contributed by atoms with Gasteiger partial charge in [0.05, 0.1) is 6.17 Å². The van der Waals surface area contributed by atoms with Gasteiger partial charge in [-0.15, -0.1) is 0 Å². The zero-order chi connectivity index (χ0) is 20.7. The Morgan fingerprint density at radius 1 is 1.10 bits per heavy atom. The van der Waals surface area contributed by atoms with Crippen molar-refractivity contribution in [2.75, 3.05) is 31.1 Å². The highest BCUT2D eigenvalue weighted by atomic mass is 32.2. The third-order valence-corrected chi connectivity index (χ3v) is 6.85. The Hall–Kier alpha value is -2.04. The van der Waals surface area contributed by atoms with Crippen LogP contribution in [-0.4, -0.2) is 65.4 Å². The van der Waals surface area contributed by atoms with Gasteiger partial charge in [0.15, 0.2) is 5.37 Å². The highest BCUT2D eigenvalue weighted by molar-refractivity contribution is 7.89. The first kappa shape index (κ1) is 21.7. The number of aromatic nitrogens is 4. The molecule has 159 valence electrons. The fourth-order valence-corrected chi connectivity index (χ4v) is 5.35. The molecule has 1 N–H and O–H groups in total. The van der Waals surface area contributed by atoms with E-state index < -0.39 is 15.4 Å². The lowest BCUT2D eigenvalue weighted by atomic mass is 10.2. The minimum atomic E-state index is -3.60. The summed E-state index contributed by atoms with van der Waals surface area (Å²) < 4.78 is 30.8. The predicted molar refractivity (Wildman–Crippen MR) is 112 cm³/mol. The molecule has 2 atom stereocenters. The average Bonchev–Trinajstić information content (AvgIpc) is 3.26. The first-order valence-electron chi connectivity index (χ1n) is 10.1. The molecule has 1 aliphatic heterocycles. The van der Waals surface area contributed by atoms with E-state index in [1.807, 2.05) is 6.92 Å². The molecule has 2 unspecified atom stereocenters. The van der Waals surface area contributed by atoms with Crippen LogP contribution in [0.5, 0.6) is 0 Å². The first-order valence-corrected chi connectivity index (χ1v) is 11.7. The largest absolute Gasteiger partial charge is 0.338 e. The number of nitrogens with one attached hydrogen (secondary N) is 1. The summed E-state index contributed by atoms with van der Waals surface area (Å²) in [7, 11) is -3.60. The molecule has 2 aromatic heterocycles. The van der Waals surface area contributed by atoms with Crippen LogP contribution in [0.1, 0.15) is 38.0 Å². The lowest BCUT2D eigenvalue weighted by molar-refractivity contribution is 0.165. The molecule has 0 saturated carbocycles. The van der Waals surface area contributed by atoms with Crippen molar-refractivity contribution in [3.05, 3.63) is 43.8 Å². The van der Waals surface area contributed by atoms with Crippen molar-refractivity contribution in [1.82, 2.24) is 29.4 Å². The van der Waals surface area contributed by atoms with Gasteiger partial charge >= 0.3 is 0 Å². The minimum Gasteiger partial charge on any atom is -0.338 e. The third-order valence-electron chi connectivity index (χ3n) is 5.08. The second-order valence-corrected chi connectivity index (χ2v) is 8.99. The number of anilines is 1. The molecule has 29 heavy (non-hydrogen) atoms. The first-order chi connectivity index (χ1) is 14.0. The molecule has 2 aromatic rings. The number of sulfonamides is 1. The Labute approximate surface area is 173 Å². The predicted octanol–water partition coefficient (Wildman–Crippen LogP) is 1.65. The molecule has 9 nitrogen and oxygen atoms in total. The summed E-state index contributed by atoms with van der Waals surface area (Å²) >= 11 is 0. The molecule has 1 fully saturated rings. The lowest BCUT2D eigenvalue weighted by Gasteiger charge is -2.39. The van der Waals surface area contributed by atoms with Crippen molar-refractivity contribution in [2.45, 2.75) is 44.1 Å². The van der Waals surface area contributed by atoms with Gasteiger partial charge in [-0.25, -0.2) is 18.4 Å². The van der Waals surface area contributed by atoms with E-state index in [4.69, 9.17) is 0 Å². The second kappa shape index (κ2) is 10.1. The van der Waals surface area contributed by atoms with E-state index in [1.165, 1.54) is 4.68 Å². The molecule has 0 aromatic carbocycles. The Bertz CT molecular complexity index is 822. The Kier molecular flexibility index (Phi) is 7.57. The molecule has 3 rings (SSSR count). The maximum absolute atomic E-state index is 13.2. The van der Waals surface area contributed by atoms with Gasteiger partial charge in [0.2, 0.25) is 16.0 Å². The average molecular weight is 421 g/mol. The number of piperazine rings is 1. The summed E-state index contributed by atoms with van der Waals surface area (Å²) in [5.41, 5.74) is 0. The summed E-state index contributed by atoms with van der Waals surface area (Å²) in [6.45, 7) is 8.86. The number of rotatable bonds is 10. The van der Waals surface area contributed by atoms with Gasteiger partial charge in [-0.2, -0.15) is 9.82 Å². The smallest absolute Gasteiger partial charge is 0.236 e. The Balaban J connectivity index is 1.68. The third kappa shape index (κ3) is 5.52. The monoisotopic (exact) mass is 420 g/mol. The summed E-state index contributed by atoms with van der Waals surface area (Å²) in [6.07, 6.45) is 9.05. The minimum absolute atomic E-state index is 0.286. The van der Waals surface area contributed by atoms with Crippen LogP contribution in [0.15, 0.2) is 36.9 Å². The second-order valence-electron chi connectivity index (χ2n) is 7.12. The van der Waals surface area contributed by atoms with Crippen LogP contribution in [0.2, 0.25) is 0 Å². The van der Waals surface area contributed by atoms with E-state index in [0.29, 0.717) is 25.2 Å². The zero-order valence-electron chi connectivity index (χ0n) is 16.9. The number of hydrogen-bond donors (Lipinski definition) is 1. The van der Waals surface area contributed by atoms with Crippen LogP contribution >= 0.6 is 0 Å². The summed E-state index contributed by atoms with van der Waals surface area (Å²) in [5, 5.41) is 3.45. The van der Waals surface area contributed by atoms with Crippen molar-refractivity contribution < 1.29 is 8.42 Å². The molecule has 10 heteroatoms. The number of hydrogen-bond acceptors (Lipinski definition) is 7. The SMILES string of the molecule is [CH2]CCC(NS(=O)(=O)C(CCC)n1cccn1)N1CCN(c2ncccn2)CC1. The van der Waals surface area contributed by atoms with E-state index in [9.17, 15) is 8.42 Å². The van der Waals surface area contributed by atoms with Gasteiger partial charge in [0.1, 0.15) is 0 Å². The van der Waals surface area contributed by atoms with E-state index >= 15 is 0 Å². The Morgan fingerprint density at radius 3 is 2.41 bits per heavy atom. The summed E-state index contributed by atoms with van der Waals surface area (Å²) in [6, 6.07) is 3.54. The fraction of sp³-hybridized carbons (Fsp3) is 0.579. The van der Waals surface area contributed by atoms with Gasteiger partial charge in [-0.1, -0.05) is 26.7 Å². The van der Waals surface area contributed by atoms with Gasteiger partial charge < -0.3 is 4.90 Å². The van der Waals surface area contributed by atoms with Crippen LogP contribution in [0.4, 0.5) is 5.95 Å². The topological polar surface area (TPSA) is 96.2 Å². The molecule has 0 bridgehead atoms. The van der Waals surface area contributed by atoms with Crippen molar-refractivity contribution >= 4 is 16.0 Å². The summed E-state index contributed by atoms with van der Waals surface area (Å²) in [4.78, 5) is 12.9. The van der Waals surface area contributed by atoms with E-state index in [-0.39, 0.29) is 6.17 Å². The maximum Gasteiger partial charge on any atom is 0.236 e. The fourth-order valence-electron chi connectivity index (χ4n) is 3.59. The highest BCUT2D eigenvalue weighted by Gasteiger charge is 2.32. The standard InChI is InChI=1S/C19H30N7O2S/c1-3-7-17(23-29(27,28)18(8-4-2)26-12-6-11-22-26)24-13-15-25(16-14-24)19-20-9-5-10-21-19/h5-6,9-12,17-18,23H,1,3-4,7-8,13-16H2,2H3. The van der Waals surface area contributed by atoms with Gasteiger partial charge in [-0.05, 0) is 25.0 Å². The lowest BCUT2D eigenvalue weighted by Crippen LogP contribution is -2.56. The molecule has 0 spiro atoms. The molecule has 1 aliphatic rings. The highest BCUT2D eigenvalue weighted by Crippen LogP contribution is 2.21. The molecular formula is C19H30N7O2S. The molecule has 0 aliphatic carbocycles. The quantitative estimate of drug-likeness (QED) is 0.624. The van der Waals surface area contributed by atoms with Crippen LogP contribution in [0.25, 0.3) is 0 Å². The molecule has 0 amide bonds. The van der Waals surface area contributed by atoms with Crippen molar-refractivity contribution in [2.24, 2.45) is 0 Å². The van der Waals surface area contributed by atoms with E-state index in [2.05, 4.69) is 36.5 Å². The molecule has 3 heterocycles. The van der Waals surface area contributed by atoms with Crippen LogP contribution < -0.4 is 9.62 Å². The van der Waals surface area contributed by atoms with Crippen molar-refractivity contribution in [1.29, 1.82) is 0 Å². The van der Waals surface area contributed by atoms with Crippen molar-refractivity contribution in [3.63, 3.8) is 0 Å². The Morgan fingerprint density at radius 2 is 1.83 bits per heavy atom. The van der Waals surface area contributed by atoms with Gasteiger partial charge in [0.25, 0.3) is 0 Å². The molecule has 1 radical (unpaired) electrons. The summed E-state index contributed by atoms with van der Waals surface area (Å²) in [5.74, 6) is 0.711. The van der Waals surface area contributed by atoms with Crippen LogP contribution in [-0.2, 0) is 10.0 Å². The molecule has 1 saturated heterocycles. The van der Waals surface area contributed by atoms with Crippen LogP contribution in [0, 0.1) is 6.92 Å². The normalized spacial score (nSPS) is 17.9. The molecular weight excluding hydrogens is 390 g/mol. The zero-order valence-corrected chi connectivity index (χ0v) is 17.7.